The zero-order chi connectivity index (χ0) is 12.4. The molecule has 0 saturated heterocycles. The van der Waals surface area contributed by atoms with Crippen LogP contribution in [0.5, 0.6) is 0 Å². The molecule has 0 atom stereocenters. The quantitative estimate of drug-likeness (QED) is 0.506. The highest BCUT2D eigenvalue weighted by molar-refractivity contribution is 5.75. The number of aliphatic hydroxyl groups is 1. The summed E-state index contributed by atoms with van der Waals surface area (Å²) in [5.41, 5.74) is 0. The normalized spacial score (nSPS) is 9.88. The second-order valence-corrected chi connectivity index (χ2v) is 3.08. The number of carboxylic acid groups (broad SMARTS) is 1. The minimum Gasteiger partial charge on any atom is -0.481 e. The lowest BCUT2D eigenvalue weighted by Crippen LogP contribution is -2.43. The predicted octanol–water partition coefficient (Wildman–Crippen LogP) is -0.889. The van der Waals surface area contributed by atoms with E-state index >= 15 is 0 Å². The number of aliphatic carboxylic acids is 1. The van der Waals surface area contributed by atoms with E-state index < -0.39 is 12.0 Å². The van der Waals surface area contributed by atoms with Crippen molar-refractivity contribution in [3.63, 3.8) is 0 Å². The maximum atomic E-state index is 11.5. The Bertz CT molecular complexity index is 222. The molecule has 0 aromatic heterocycles. The summed E-state index contributed by atoms with van der Waals surface area (Å²) in [6.45, 7) is 0.851. The first-order valence-electron chi connectivity index (χ1n) is 4.96. The monoisotopic (exact) mass is 234 g/mol. The van der Waals surface area contributed by atoms with Gasteiger partial charge >= 0.3 is 12.0 Å². The smallest absolute Gasteiger partial charge is 0.317 e. The van der Waals surface area contributed by atoms with Gasteiger partial charge in [0.2, 0.25) is 0 Å². The molecule has 0 aromatic rings. The lowest BCUT2D eigenvalue weighted by molar-refractivity contribution is -0.136. The SMILES string of the molecule is COCCN(CCO)C(=O)NCCC(=O)O. The Morgan fingerprint density at radius 1 is 1.38 bits per heavy atom. The van der Waals surface area contributed by atoms with Crippen molar-refractivity contribution >= 4 is 12.0 Å². The third-order valence-corrected chi connectivity index (χ3v) is 1.84. The summed E-state index contributed by atoms with van der Waals surface area (Å²) < 4.78 is 4.81. The van der Waals surface area contributed by atoms with Gasteiger partial charge in [-0.1, -0.05) is 0 Å². The van der Waals surface area contributed by atoms with Crippen molar-refractivity contribution in [2.75, 3.05) is 40.0 Å². The van der Waals surface area contributed by atoms with Crippen molar-refractivity contribution in [2.45, 2.75) is 6.42 Å². The first-order valence-corrected chi connectivity index (χ1v) is 4.96. The number of ether oxygens (including phenoxy) is 1. The average Bonchev–Trinajstić information content (AvgIpc) is 2.23. The molecule has 0 heterocycles. The number of carboxylic acids is 1. The Hall–Kier alpha value is -1.34. The van der Waals surface area contributed by atoms with Crippen LogP contribution in [0, 0.1) is 0 Å². The molecule has 0 aliphatic carbocycles. The van der Waals surface area contributed by atoms with Crippen LogP contribution in [0.2, 0.25) is 0 Å². The van der Waals surface area contributed by atoms with Crippen LogP contribution in [-0.2, 0) is 9.53 Å². The van der Waals surface area contributed by atoms with Gasteiger partial charge in [0, 0.05) is 26.7 Å². The molecule has 0 spiro atoms. The van der Waals surface area contributed by atoms with Gasteiger partial charge in [0.1, 0.15) is 0 Å². The molecule has 0 radical (unpaired) electrons. The maximum absolute atomic E-state index is 11.5. The lowest BCUT2D eigenvalue weighted by atomic mass is 10.4. The van der Waals surface area contributed by atoms with E-state index in [1.807, 2.05) is 0 Å². The number of amides is 2. The molecule has 7 nitrogen and oxygen atoms in total. The number of nitrogens with one attached hydrogen (secondary N) is 1. The van der Waals surface area contributed by atoms with Gasteiger partial charge in [-0.15, -0.1) is 0 Å². The largest absolute Gasteiger partial charge is 0.481 e. The number of urea groups is 1. The molecular weight excluding hydrogens is 216 g/mol. The van der Waals surface area contributed by atoms with E-state index in [2.05, 4.69) is 5.32 Å². The predicted molar refractivity (Wildman–Crippen MR) is 56.2 cm³/mol. The molecule has 0 saturated carbocycles. The first kappa shape index (κ1) is 14.7. The van der Waals surface area contributed by atoms with E-state index in [0.29, 0.717) is 13.2 Å². The molecule has 7 heteroatoms. The number of hydrogen-bond donors (Lipinski definition) is 3. The summed E-state index contributed by atoms with van der Waals surface area (Å²) in [5, 5.41) is 19.6. The number of hydrogen-bond acceptors (Lipinski definition) is 4. The van der Waals surface area contributed by atoms with Crippen LogP contribution in [0.4, 0.5) is 4.79 Å². The summed E-state index contributed by atoms with van der Waals surface area (Å²) in [7, 11) is 1.51. The highest BCUT2D eigenvalue weighted by atomic mass is 16.5. The zero-order valence-corrected chi connectivity index (χ0v) is 9.31. The number of aliphatic hydroxyl groups excluding tert-OH is 1. The summed E-state index contributed by atoms with van der Waals surface area (Å²) in [6.07, 6.45) is -0.122. The van der Waals surface area contributed by atoms with Crippen molar-refractivity contribution < 1.29 is 24.5 Å². The second-order valence-electron chi connectivity index (χ2n) is 3.08. The fourth-order valence-corrected chi connectivity index (χ4v) is 1.03. The molecule has 0 rings (SSSR count). The van der Waals surface area contributed by atoms with Gasteiger partial charge in [-0.3, -0.25) is 4.79 Å². The van der Waals surface area contributed by atoms with Crippen molar-refractivity contribution in [1.29, 1.82) is 0 Å². The van der Waals surface area contributed by atoms with Crippen LogP contribution >= 0.6 is 0 Å². The molecule has 94 valence electrons. The molecule has 0 aromatic carbocycles. The number of nitrogens with zero attached hydrogens (tertiary/aromatic N) is 1. The van der Waals surface area contributed by atoms with Gasteiger partial charge < -0.3 is 25.2 Å². The van der Waals surface area contributed by atoms with E-state index in [0.717, 1.165) is 0 Å². The third-order valence-electron chi connectivity index (χ3n) is 1.84. The highest BCUT2D eigenvalue weighted by Crippen LogP contribution is 1.90. The van der Waals surface area contributed by atoms with Crippen LogP contribution < -0.4 is 5.32 Å². The Morgan fingerprint density at radius 3 is 2.56 bits per heavy atom. The molecule has 16 heavy (non-hydrogen) atoms. The molecule has 3 N–H and O–H groups in total. The number of carbonyl (C=O) groups is 2. The molecule has 0 aliphatic heterocycles. The van der Waals surface area contributed by atoms with Crippen LogP contribution in [0.25, 0.3) is 0 Å². The number of methoxy groups -OCH3 is 1. The number of rotatable bonds is 8. The topological polar surface area (TPSA) is 99.1 Å². The molecule has 0 unspecified atom stereocenters. The Balaban J connectivity index is 3.90. The van der Waals surface area contributed by atoms with Crippen molar-refractivity contribution in [3.05, 3.63) is 0 Å². The lowest BCUT2D eigenvalue weighted by Gasteiger charge is -2.21. The van der Waals surface area contributed by atoms with Gasteiger partial charge in [0.25, 0.3) is 0 Å². The summed E-state index contributed by atoms with van der Waals surface area (Å²) in [5.74, 6) is -0.967. The second kappa shape index (κ2) is 8.93. The van der Waals surface area contributed by atoms with Gasteiger partial charge in [0.05, 0.1) is 19.6 Å². The van der Waals surface area contributed by atoms with Crippen molar-refractivity contribution in [3.8, 4) is 0 Å². The minimum absolute atomic E-state index is 0.0725. The highest BCUT2D eigenvalue weighted by Gasteiger charge is 2.11. The summed E-state index contributed by atoms with van der Waals surface area (Å²) >= 11 is 0. The van der Waals surface area contributed by atoms with Crippen molar-refractivity contribution in [2.24, 2.45) is 0 Å². The van der Waals surface area contributed by atoms with Gasteiger partial charge in [-0.05, 0) is 0 Å². The van der Waals surface area contributed by atoms with Gasteiger partial charge in [-0.2, -0.15) is 0 Å². The Kier molecular flexibility index (Phi) is 8.18. The maximum Gasteiger partial charge on any atom is 0.317 e. The third kappa shape index (κ3) is 7.02. The molecule has 0 bridgehead atoms. The summed E-state index contributed by atoms with van der Waals surface area (Å²) in [6, 6.07) is -0.396. The Labute approximate surface area is 94.0 Å². The van der Waals surface area contributed by atoms with Crippen LogP contribution in [-0.4, -0.2) is 67.1 Å². The van der Waals surface area contributed by atoms with Crippen LogP contribution in [0.15, 0.2) is 0 Å². The van der Waals surface area contributed by atoms with Gasteiger partial charge in [0.15, 0.2) is 0 Å². The molecular formula is C9H18N2O5. The molecule has 0 aliphatic rings. The fraction of sp³-hybridized carbons (Fsp3) is 0.778. The van der Waals surface area contributed by atoms with E-state index in [-0.39, 0.29) is 26.1 Å². The van der Waals surface area contributed by atoms with E-state index in [4.69, 9.17) is 14.9 Å². The first-order chi connectivity index (χ1) is 7.61. The standard InChI is InChI=1S/C9H18N2O5/c1-16-7-5-11(4-6-12)9(15)10-3-2-8(13)14/h12H,2-7H2,1H3,(H,10,15)(H,13,14). The van der Waals surface area contributed by atoms with E-state index in [1.54, 1.807) is 0 Å². The zero-order valence-electron chi connectivity index (χ0n) is 9.31. The van der Waals surface area contributed by atoms with Crippen LogP contribution in [0.3, 0.4) is 0 Å². The minimum atomic E-state index is -0.967. The van der Waals surface area contributed by atoms with Crippen LogP contribution in [0.1, 0.15) is 6.42 Å². The number of carbonyl (C=O) groups excluding carboxylic acids is 1. The van der Waals surface area contributed by atoms with Crippen molar-refractivity contribution in [1.82, 2.24) is 10.2 Å². The average molecular weight is 234 g/mol. The van der Waals surface area contributed by atoms with Gasteiger partial charge in [-0.25, -0.2) is 4.79 Å². The molecule has 2 amide bonds. The fourth-order valence-electron chi connectivity index (χ4n) is 1.03. The van der Waals surface area contributed by atoms with E-state index in [9.17, 15) is 9.59 Å². The molecule has 0 fully saturated rings. The van der Waals surface area contributed by atoms with E-state index in [1.165, 1.54) is 12.0 Å². The summed E-state index contributed by atoms with van der Waals surface area (Å²) in [4.78, 5) is 23.1. The Morgan fingerprint density at radius 2 is 2.06 bits per heavy atom.